The van der Waals surface area contributed by atoms with E-state index in [0.29, 0.717) is 18.7 Å². The van der Waals surface area contributed by atoms with E-state index in [2.05, 4.69) is 28.1 Å². The average molecular weight is 266 g/mol. The van der Waals surface area contributed by atoms with E-state index in [-0.39, 0.29) is 0 Å². The van der Waals surface area contributed by atoms with Crippen LogP contribution in [0.1, 0.15) is 16.8 Å². The van der Waals surface area contributed by atoms with E-state index in [1.165, 1.54) is 5.56 Å². The maximum atomic E-state index is 9.07. The second-order valence-corrected chi connectivity index (χ2v) is 4.66. The molecule has 0 aliphatic carbocycles. The Labute approximate surface area is 119 Å². The van der Waals surface area contributed by atoms with Gasteiger partial charge in [-0.05, 0) is 24.6 Å². The summed E-state index contributed by atoms with van der Waals surface area (Å²) in [7, 11) is 0. The fourth-order valence-corrected chi connectivity index (χ4v) is 2.11. The molecule has 0 atom stereocenters. The van der Waals surface area contributed by atoms with Crippen LogP contribution in [0.25, 0.3) is 0 Å². The zero-order valence-electron chi connectivity index (χ0n) is 11.6. The Balaban J connectivity index is 2.29. The molecular weight excluding hydrogens is 248 g/mol. The molecule has 4 heteroatoms. The zero-order chi connectivity index (χ0) is 14.4. The number of hydrogen-bond acceptors (Lipinski definition) is 4. The summed E-state index contributed by atoms with van der Waals surface area (Å²) in [4.78, 5) is 6.62. The molecule has 2 aromatic rings. The highest BCUT2D eigenvalue weighted by Crippen LogP contribution is 2.17. The number of rotatable bonds is 5. The van der Waals surface area contributed by atoms with Crippen molar-refractivity contribution in [2.24, 2.45) is 5.73 Å². The van der Waals surface area contributed by atoms with Crippen LogP contribution in [0.15, 0.2) is 42.5 Å². The van der Waals surface area contributed by atoms with Gasteiger partial charge in [0, 0.05) is 25.3 Å². The molecule has 0 fully saturated rings. The summed E-state index contributed by atoms with van der Waals surface area (Å²) in [6, 6.07) is 15.9. The van der Waals surface area contributed by atoms with Gasteiger partial charge in [0.1, 0.15) is 5.82 Å². The number of nitrogens with zero attached hydrogens (tertiary/aromatic N) is 3. The minimum atomic E-state index is 0.546. The van der Waals surface area contributed by atoms with Crippen LogP contribution in [0.5, 0.6) is 0 Å². The Hall–Kier alpha value is -2.38. The highest BCUT2D eigenvalue weighted by Gasteiger charge is 2.10. The molecule has 1 heterocycles. The van der Waals surface area contributed by atoms with E-state index < -0.39 is 0 Å². The van der Waals surface area contributed by atoms with Gasteiger partial charge in [0.2, 0.25) is 0 Å². The van der Waals surface area contributed by atoms with Crippen molar-refractivity contribution >= 4 is 5.82 Å². The molecule has 0 spiro atoms. The number of benzene rings is 1. The van der Waals surface area contributed by atoms with Crippen molar-refractivity contribution < 1.29 is 0 Å². The van der Waals surface area contributed by atoms with Crippen molar-refractivity contribution in [1.82, 2.24) is 4.98 Å². The molecule has 0 unspecified atom stereocenters. The summed E-state index contributed by atoms with van der Waals surface area (Å²) < 4.78 is 0. The molecule has 2 N–H and O–H groups in total. The Morgan fingerprint density at radius 3 is 2.65 bits per heavy atom. The predicted octanol–water partition coefficient (Wildman–Crippen LogP) is 2.23. The first-order valence-electron chi connectivity index (χ1n) is 6.60. The molecule has 102 valence electrons. The third kappa shape index (κ3) is 3.56. The van der Waals surface area contributed by atoms with Gasteiger partial charge in [0.25, 0.3) is 0 Å². The molecule has 0 amide bonds. The highest BCUT2D eigenvalue weighted by molar-refractivity contribution is 5.47. The van der Waals surface area contributed by atoms with Gasteiger partial charge >= 0.3 is 0 Å². The molecule has 1 aromatic heterocycles. The van der Waals surface area contributed by atoms with Crippen molar-refractivity contribution in [1.29, 1.82) is 5.26 Å². The first-order valence-corrected chi connectivity index (χ1v) is 6.60. The number of aryl methyl sites for hydroxylation is 1. The molecular formula is C16H18N4. The SMILES string of the molecule is Cc1cc(C#N)cc(N(CCN)Cc2ccccc2)n1. The average Bonchev–Trinajstić information content (AvgIpc) is 2.47. The molecule has 4 nitrogen and oxygen atoms in total. The molecule has 0 aliphatic heterocycles. The van der Waals surface area contributed by atoms with Gasteiger partial charge in [-0.3, -0.25) is 0 Å². The molecule has 0 radical (unpaired) electrons. The Morgan fingerprint density at radius 1 is 1.25 bits per heavy atom. The maximum Gasteiger partial charge on any atom is 0.130 e. The number of pyridine rings is 1. The van der Waals surface area contributed by atoms with Crippen molar-refractivity contribution in [3.8, 4) is 6.07 Å². The van der Waals surface area contributed by atoms with Gasteiger partial charge in [-0.15, -0.1) is 0 Å². The molecule has 0 saturated heterocycles. The van der Waals surface area contributed by atoms with E-state index in [4.69, 9.17) is 11.0 Å². The Morgan fingerprint density at radius 2 is 2.00 bits per heavy atom. The number of aromatic nitrogens is 1. The number of anilines is 1. The van der Waals surface area contributed by atoms with E-state index >= 15 is 0 Å². The molecule has 0 bridgehead atoms. The van der Waals surface area contributed by atoms with Crippen LogP contribution in [0.2, 0.25) is 0 Å². The van der Waals surface area contributed by atoms with Crippen molar-refractivity contribution in [2.45, 2.75) is 13.5 Å². The van der Waals surface area contributed by atoms with Gasteiger partial charge in [0.05, 0.1) is 11.6 Å². The lowest BCUT2D eigenvalue weighted by atomic mass is 10.2. The summed E-state index contributed by atoms with van der Waals surface area (Å²) in [5, 5.41) is 9.07. The minimum Gasteiger partial charge on any atom is -0.351 e. The maximum absolute atomic E-state index is 9.07. The summed E-state index contributed by atoms with van der Waals surface area (Å²) >= 11 is 0. The first kappa shape index (κ1) is 14.0. The van der Waals surface area contributed by atoms with E-state index in [0.717, 1.165) is 18.1 Å². The lowest BCUT2D eigenvalue weighted by Crippen LogP contribution is -2.29. The molecule has 2 rings (SSSR count). The fraction of sp³-hybridized carbons (Fsp3) is 0.250. The van der Waals surface area contributed by atoms with Crippen molar-refractivity contribution in [3.05, 3.63) is 59.3 Å². The van der Waals surface area contributed by atoms with Crippen LogP contribution in [0.3, 0.4) is 0 Å². The van der Waals surface area contributed by atoms with Crippen LogP contribution < -0.4 is 10.6 Å². The van der Waals surface area contributed by atoms with Crippen LogP contribution in [-0.2, 0) is 6.54 Å². The molecule has 0 saturated carbocycles. The normalized spacial score (nSPS) is 10.1. The van der Waals surface area contributed by atoms with E-state index in [9.17, 15) is 0 Å². The predicted molar refractivity (Wildman–Crippen MR) is 80.2 cm³/mol. The van der Waals surface area contributed by atoms with Gasteiger partial charge in [-0.25, -0.2) is 4.98 Å². The first-order chi connectivity index (χ1) is 9.72. The van der Waals surface area contributed by atoms with Gasteiger partial charge < -0.3 is 10.6 Å². The largest absolute Gasteiger partial charge is 0.351 e. The van der Waals surface area contributed by atoms with Crippen LogP contribution in [0.4, 0.5) is 5.82 Å². The molecule has 0 aliphatic rings. The van der Waals surface area contributed by atoms with Crippen molar-refractivity contribution in [2.75, 3.05) is 18.0 Å². The summed E-state index contributed by atoms with van der Waals surface area (Å²) in [6.45, 7) is 3.88. The quantitative estimate of drug-likeness (QED) is 0.901. The smallest absolute Gasteiger partial charge is 0.130 e. The summed E-state index contributed by atoms with van der Waals surface area (Å²) in [5.41, 5.74) is 8.36. The third-order valence-electron chi connectivity index (χ3n) is 3.01. The number of nitrogens with two attached hydrogens (primary N) is 1. The summed E-state index contributed by atoms with van der Waals surface area (Å²) in [6.07, 6.45) is 0. The second-order valence-electron chi connectivity index (χ2n) is 4.66. The fourth-order valence-electron chi connectivity index (χ4n) is 2.11. The van der Waals surface area contributed by atoms with Crippen LogP contribution >= 0.6 is 0 Å². The van der Waals surface area contributed by atoms with Gasteiger partial charge in [-0.2, -0.15) is 5.26 Å². The van der Waals surface area contributed by atoms with Crippen LogP contribution in [0, 0.1) is 18.3 Å². The highest BCUT2D eigenvalue weighted by atomic mass is 15.2. The van der Waals surface area contributed by atoms with Crippen molar-refractivity contribution in [3.63, 3.8) is 0 Å². The monoisotopic (exact) mass is 266 g/mol. The van der Waals surface area contributed by atoms with Gasteiger partial charge in [-0.1, -0.05) is 30.3 Å². The lowest BCUT2D eigenvalue weighted by Gasteiger charge is -2.23. The van der Waals surface area contributed by atoms with E-state index in [1.54, 1.807) is 6.07 Å². The zero-order valence-corrected chi connectivity index (χ0v) is 11.6. The second kappa shape index (κ2) is 6.69. The lowest BCUT2D eigenvalue weighted by molar-refractivity contribution is 0.773. The number of nitriles is 1. The topological polar surface area (TPSA) is 65.9 Å². The standard InChI is InChI=1S/C16H18N4/c1-13-9-15(11-18)10-16(19-13)20(8-7-17)12-14-5-3-2-4-6-14/h2-6,9-10H,7-8,12,17H2,1H3. The molecule has 20 heavy (non-hydrogen) atoms. The van der Waals surface area contributed by atoms with Crippen LogP contribution in [-0.4, -0.2) is 18.1 Å². The Bertz CT molecular complexity index is 602. The van der Waals surface area contributed by atoms with Gasteiger partial charge in [0.15, 0.2) is 0 Å². The van der Waals surface area contributed by atoms with E-state index in [1.807, 2.05) is 31.2 Å². The minimum absolute atomic E-state index is 0.546. The number of hydrogen-bond donors (Lipinski definition) is 1. The third-order valence-corrected chi connectivity index (χ3v) is 3.01. The Kier molecular flexibility index (Phi) is 4.70. The molecule has 1 aromatic carbocycles. The summed E-state index contributed by atoms with van der Waals surface area (Å²) in [5.74, 6) is 0.802.